The molecular formula is C13H15N3O3S2. The third-order valence-electron chi connectivity index (χ3n) is 2.96. The third-order valence-corrected chi connectivity index (χ3v) is 4.79. The van der Waals surface area contributed by atoms with Crippen LogP contribution in [0.2, 0.25) is 0 Å². The van der Waals surface area contributed by atoms with Crippen molar-refractivity contribution in [3.05, 3.63) is 45.4 Å². The van der Waals surface area contributed by atoms with Gasteiger partial charge < -0.3 is 5.32 Å². The van der Waals surface area contributed by atoms with Crippen LogP contribution in [-0.2, 0) is 16.6 Å². The predicted octanol–water partition coefficient (Wildman–Crippen LogP) is 1.34. The van der Waals surface area contributed by atoms with E-state index < -0.39 is 10.0 Å². The maximum absolute atomic E-state index is 12.2. The lowest BCUT2D eigenvalue weighted by atomic mass is 10.1. The number of aromatic nitrogens is 1. The first-order valence-electron chi connectivity index (χ1n) is 6.09. The summed E-state index contributed by atoms with van der Waals surface area (Å²) in [5.41, 5.74) is 1.50. The van der Waals surface area contributed by atoms with Gasteiger partial charge in [0.15, 0.2) is 0 Å². The van der Waals surface area contributed by atoms with E-state index in [1.165, 1.54) is 17.4 Å². The smallest absolute Gasteiger partial charge is 0.251 e. The van der Waals surface area contributed by atoms with Gasteiger partial charge in [-0.3, -0.25) is 4.79 Å². The Balaban J connectivity index is 2.28. The van der Waals surface area contributed by atoms with Gasteiger partial charge in [-0.2, -0.15) is 0 Å². The van der Waals surface area contributed by atoms with Gasteiger partial charge in [0.1, 0.15) is 5.01 Å². The minimum Gasteiger partial charge on any atom is -0.346 e. The van der Waals surface area contributed by atoms with Crippen LogP contribution in [0.1, 0.15) is 26.5 Å². The zero-order valence-corrected chi connectivity index (χ0v) is 13.2. The van der Waals surface area contributed by atoms with Crippen molar-refractivity contribution in [2.45, 2.75) is 25.3 Å². The molecule has 3 N–H and O–H groups in total. The van der Waals surface area contributed by atoms with Crippen molar-refractivity contribution in [1.29, 1.82) is 0 Å². The molecule has 0 aliphatic carbocycles. The second-order valence-electron chi connectivity index (χ2n) is 4.59. The van der Waals surface area contributed by atoms with Crippen LogP contribution in [0.5, 0.6) is 0 Å². The van der Waals surface area contributed by atoms with Crippen LogP contribution in [0, 0.1) is 13.8 Å². The molecule has 21 heavy (non-hydrogen) atoms. The summed E-state index contributed by atoms with van der Waals surface area (Å²) in [5, 5.41) is 10.5. The molecule has 2 rings (SSSR count). The molecule has 0 spiro atoms. The number of aryl methyl sites for hydroxylation is 2. The van der Waals surface area contributed by atoms with Gasteiger partial charge in [-0.15, -0.1) is 11.3 Å². The van der Waals surface area contributed by atoms with Crippen molar-refractivity contribution < 1.29 is 13.2 Å². The molecule has 8 heteroatoms. The molecule has 0 aliphatic heterocycles. The van der Waals surface area contributed by atoms with Crippen molar-refractivity contribution in [3.8, 4) is 0 Å². The number of nitrogens with one attached hydrogen (secondary N) is 1. The fraction of sp³-hybridized carbons (Fsp3) is 0.231. The molecule has 0 saturated heterocycles. The first-order chi connectivity index (χ1) is 9.79. The molecule has 0 unspecified atom stereocenters. The molecule has 6 nitrogen and oxygen atoms in total. The topological polar surface area (TPSA) is 102 Å². The summed E-state index contributed by atoms with van der Waals surface area (Å²) in [5.74, 6) is -0.354. The number of nitrogens with zero attached hydrogens (tertiary/aromatic N) is 1. The summed E-state index contributed by atoms with van der Waals surface area (Å²) in [6.07, 6.45) is 1.66. The Morgan fingerprint density at radius 1 is 1.33 bits per heavy atom. The SMILES string of the molecule is Cc1cc(C)c(S(N)(=O)=O)cc1C(=O)NCc1nccs1. The van der Waals surface area contributed by atoms with Crippen LogP contribution >= 0.6 is 11.3 Å². The van der Waals surface area contributed by atoms with E-state index in [9.17, 15) is 13.2 Å². The molecule has 1 aromatic carbocycles. The Hall–Kier alpha value is -1.77. The number of carbonyl (C=O) groups is 1. The predicted molar refractivity (Wildman–Crippen MR) is 80.6 cm³/mol. The lowest BCUT2D eigenvalue weighted by Crippen LogP contribution is -2.24. The van der Waals surface area contributed by atoms with E-state index in [1.807, 2.05) is 5.38 Å². The van der Waals surface area contributed by atoms with Crippen LogP contribution in [0.25, 0.3) is 0 Å². The van der Waals surface area contributed by atoms with Gasteiger partial charge in [-0.05, 0) is 31.0 Å². The zero-order chi connectivity index (χ0) is 15.6. The number of hydrogen-bond acceptors (Lipinski definition) is 5. The standard InChI is InChI=1S/C13H15N3O3S2/c1-8-5-9(2)11(21(14,18)19)6-10(8)13(17)16-7-12-15-3-4-20-12/h3-6H,7H2,1-2H3,(H,16,17)(H2,14,18,19). The normalized spacial score (nSPS) is 11.4. The average molecular weight is 325 g/mol. The Bertz CT molecular complexity index is 768. The third kappa shape index (κ3) is 3.66. The van der Waals surface area contributed by atoms with Gasteiger partial charge in [0, 0.05) is 17.1 Å². The monoisotopic (exact) mass is 325 g/mol. The summed E-state index contributed by atoms with van der Waals surface area (Å²) < 4.78 is 23.0. The number of hydrogen-bond donors (Lipinski definition) is 2. The maximum Gasteiger partial charge on any atom is 0.251 e. The average Bonchev–Trinajstić information content (AvgIpc) is 2.87. The number of thiazole rings is 1. The number of primary sulfonamides is 1. The second-order valence-corrected chi connectivity index (χ2v) is 7.10. The summed E-state index contributed by atoms with van der Waals surface area (Å²) in [6.45, 7) is 3.69. The number of carbonyl (C=O) groups excluding carboxylic acids is 1. The molecule has 0 atom stereocenters. The zero-order valence-electron chi connectivity index (χ0n) is 11.6. The van der Waals surface area contributed by atoms with Crippen LogP contribution in [0.3, 0.4) is 0 Å². The summed E-state index contributed by atoms with van der Waals surface area (Å²) in [7, 11) is -3.85. The second kappa shape index (κ2) is 5.92. The van der Waals surface area contributed by atoms with Gasteiger partial charge in [0.25, 0.3) is 5.91 Å². The molecule has 1 amide bonds. The van der Waals surface area contributed by atoms with Crippen LogP contribution in [-0.4, -0.2) is 19.3 Å². The Kier molecular flexibility index (Phi) is 4.40. The highest BCUT2D eigenvalue weighted by molar-refractivity contribution is 7.89. The summed E-state index contributed by atoms with van der Waals surface area (Å²) >= 11 is 1.43. The van der Waals surface area contributed by atoms with E-state index in [2.05, 4.69) is 10.3 Å². The molecule has 1 aromatic heterocycles. The van der Waals surface area contributed by atoms with Crippen molar-refractivity contribution in [1.82, 2.24) is 10.3 Å². The van der Waals surface area contributed by atoms with Crippen LogP contribution in [0.15, 0.2) is 28.6 Å². The van der Waals surface area contributed by atoms with Crippen LogP contribution in [0.4, 0.5) is 0 Å². The highest BCUT2D eigenvalue weighted by Gasteiger charge is 2.17. The molecule has 0 saturated carbocycles. The Morgan fingerprint density at radius 3 is 2.62 bits per heavy atom. The fourth-order valence-corrected chi connectivity index (χ4v) is 3.32. The first kappa shape index (κ1) is 15.6. The van der Waals surface area contributed by atoms with E-state index >= 15 is 0 Å². The lowest BCUT2D eigenvalue weighted by Gasteiger charge is -2.11. The van der Waals surface area contributed by atoms with Crippen molar-refractivity contribution in [2.24, 2.45) is 5.14 Å². The molecular weight excluding hydrogens is 310 g/mol. The Labute approximate surface area is 127 Å². The lowest BCUT2D eigenvalue weighted by molar-refractivity contribution is 0.0950. The molecule has 0 radical (unpaired) electrons. The van der Waals surface area contributed by atoms with Crippen molar-refractivity contribution >= 4 is 27.3 Å². The fourth-order valence-electron chi connectivity index (χ4n) is 1.97. The van der Waals surface area contributed by atoms with E-state index in [1.54, 1.807) is 26.1 Å². The first-order valence-corrected chi connectivity index (χ1v) is 8.52. The molecule has 2 aromatic rings. The Morgan fingerprint density at radius 2 is 2.05 bits per heavy atom. The number of nitrogens with two attached hydrogens (primary N) is 1. The minimum atomic E-state index is -3.85. The van der Waals surface area contributed by atoms with Gasteiger partial charge in [0.05, 0.1) is 11.4 Å². The largest absolute Gasteiger partial charge is 0.346 e. The number of amides is 1. The molecule has 112 valence electrons. The van der Waals surface area contributed by atoms with Gasteiger partial charge in [-0.25, -0.2) is 18.5 Å². The van der Waals surface area contributed by atoms with Crippen molar-refractivity contribution in [3.63, 3.8) is 0 Å². The highest BCUT2D eigenvalue weighted by atomic mass is 32.2. The van der Waals surface area contributed by atoms with E-state index in [4.69, 9.17) is 5.14 Å². The van der Waals surface area contributed by atoms with Gasteiger partial charge >= 0.3 is 0 Å². The maximum atomic E-state index is 12.2. The van der Waals surface area contributed by atoms with E-state index in [0.717, 1.165) is 5.01 Å². The summed E-state index contributed by atoms with van der Waals surface area (Å²) in [4.78, 5) is 16.2. The van der Waals surface area contributed by atoms with Gasteiger partial charge in [-0.1, -0.05) is 6.07 Å². The van der Waals surface area contributed by atoms with E-state index in [0.29, 0.717) is 23.2 Å². The van der Waals surface area contributed by atoms with Crippen molar-refractivity contribution in [2.75, 3.05) is 0 Å². The number of rotatable bonds is 4. The van der Waals surface area contributed by atoms with E-state index in [-0.39, 0.29) is 10.8 Å². The number of sulfonamides is 1. The van der Waals surface area contributed by atoms with Crippen LogP contribution < -0.4 is 10.5 Å². The quantitative estimate of drug-likeness (QED) is 0.885. The molecule has 1 heterocycles. The molecule has 0 aliphatic rings. The number of benzene rings is 1. The minimum absolute atomic E-state index is 0.0347. The van der Waals surface area contributed by atoms with Gasteiger partial charge in [0.2, 0.25) is 10.0 Å². The molecule has 0 bridgehead atoms. The highest BCUT2D eigenvalue weighted by Crippen LogP contribution is 2.19. The molecule has 0 fully saturated rings. The summed E-state index contributed by atoms with van der Waals surface area (Å²) in [6, 6.07) is 2.95.